The van der Waals surface area contributed by atoms with E-state index in [-0.39, 0.29) is 5.75 Å². The van der Waals surface area contributed by atoms with Crippen LogP contribution in [0.15, 0.2) is 16.6 Å². The molecule has 0 aliphatic heterocycles. The number of hydroxylamine groups is 1. The molecule has 0 heterocycles. The minimum absolute atomic E-state index is 0.114. The maximum Gasteiger partial charge on any atom is 0.161 e. The van der Waals surface area contributed by atoms with Crippen LogP contribution in [0.3, 0.4) is 0 Å². The maximum absolute atomic E-state index is 9.50. The van der Waals surface area contributed by atoms with Crippen molar-refractivity contribution in [2.24, 2.45) is 0 Å². The van der Waals surface area contributed by atoms with Gasteiger partial charge in [-0.2, -0.15) is 5.48 Å². The van der Waals surface area contributed by atoms with Gasteiger partial charge in [-0.15, -0.1) is 0 Å². The van der Waals surface area contributed by atoms with E-state index in [1.807, 2.05) is 0 Å². The molecule has 0 saturated heterocycles. The number of nitrogens with one attached hydrogen (secondary N) is 1. The zero-order valence-corrected chi connectivity index (χ0v) is 9.59. The number of phenols is 1. The Hall–Kier alpha value is -0.780. The monoisotopic (exact) mass is 261 g/mol. The lowest BCUT2D eigenvalue weighted by Gasteiger charge is -2.09. The summed E-state index contributed by atoms with van der Waals surface area (Å²) in [7, 11) is 3.05. The summed E-state index contributed by atoms with van der Waals surface area (Å²) < 4.78 is 5.81. The Labute approximate surface area is 90.9 Å². The van der Waals surface area contributed by atoms with E-state index in [1.54, 1.807) is 12.1 Å². The number of rotatable bonds is 4. The van der Waals surface area contributed by atoms with Crippen LogP contribution < -0.4 is 10.2 Å². The lowest BCUT2D eigenvalue weighted by molar-refractivity contribution is 0.0865. The second kappa shape index (κ2) is 5.19. The van der Waals surface area contributed by atoms with Crippen LogP contribution in [-0.4, -0.2) is 19.3 Å². The van der Waals surface area contributed by atoms with Crippen LogP contribution in [0.5, 0.6) is 11.5 Å². The van der Waals surface area contributed by atoms with Crippen molar-refractivity contribution >= 4 is 15.9 Å². The van der Waals surface area contributed by atoms with Gasteiger partial charge in [-0.1, -0.05) is 15.9 Å². The number of phenolic OH excluding ortho intramolecular Hbond substituents is 1. The summed E-state index contributed by atoms with van der Waals surface area (Å²) in [6.07, 6.45) is 0. The molecule has 0 aliphatic carbocycles. The van der Waals surface area contributed by atoms with Gasteiger partial charge in [-0.05, 0) is 17.7 Å². The average Bonchev–Trinajstić information content (AvgIpc) is 2.18. The molecule has 14 heavy (non-hydrogen) atoms. The predicted octanol–water partition coefficient (Wildman–Crippen LogP) is 1.81. The molecule has 0 saturated carbocycles. The van der Waals surface area contributed by atoms with E-state index >= 15 is 0 Å². The minimum Gasteiger partial charge on any atom is -0.504 e. The number of hydrogen-bond donors (Lipinski definition) is 2. The van der Waals surface area contributed by atoms with Crippen molar-refractivity contribution in [1.29, 1.82) is 0 Å². The van der Waals surface area contributed by atoms with Gasteiger partial charge in [-0.3, -0.25) is 0 Å². The molecule has 0 atom stereocenters. The molecule has 4 nitrogen and oxygen atoms in total. The van der Waals surface area contributed by atoms with E-state index < -0.39 is 0 Å². The van der Waals surface area contributed by atoms with Gasteiger partial charge in [0, 0.05) is 11.0 Å². The van der Waals surface area contributed by atoms with E-state index in [1.165, 1.54) is 14.2 Å². The highest BCUT2D eigenvalue weighted by Crippen LogP contribution is 2.32. The molecule has 1 aromatic carbocycles. The van der Waals surface area contributed by atoms with Crippen molar-refractivity contribution in [3.8, 4) is 11.5 Å². The van der Waals surface area contributed by atoms with Crippen molar-refractivity contribution in [3.05, 3.63) is 22.2 Å². The summed E-state index contributed by atoms with van der Waals surface area (Å²) in [6.45, 7) is 0.509. The fraction of sp³-hybridized carbons (Fsp3) is 0.333. The van der Waals surface area contributed by atoms with Crippen molar-refractivity contribution in [2.45, 2.75) is 6.54 Å². The Balaban J connectivity index is 2.90. The first-order chi connectivity index (χ1) is 6.69. The largest absolute Gasteiger partial charge is 0.504 e. The van der Waals surface area contributed by atoms with Crippen molar-refractivity contribution in [3.63, 3.8) is 0 Å². The van der Waals surface area contributed by atoms with Crippen LogP contribution in [-0.2, 0) is 11.4 Å². The van der Waals surface area contributed by atoms with Crippen molar-refractivity contribution in [2.75, 3.05) is 14.2 Å². The average molecular weight is 262 g/mol. The van der Waals surface area contributed by atoms with Crippen LogP contribution in [0, 0.1) is 0 Å². The number of aromatic hydroxyl groups is 1. The van der Waals surface area contributed by atoms with E-state index in [0.29, 0.717) is 12.3 Å². The lowest BCUT2D eigenvalue weighted by Crippen LogP contribution is -2.11. The molecule has 0 aromatic heterocycles. The maximum atomic E-state index is 9.50. The molecular weight excluding hydrogens is 250 g/mol. The Morgan fingerprint density at radius 1 is 1.43 bits per heavy atom. The van der Waals surface area contributed by atoms with Gasteiger partial charge >= 0.3 is 0 Å². The first kappa shape index (κ1) is 11.3. The van der Waals surface area contributed by atoms with Gasteiger partial charge in [0.25, 0.3) is 0 Å². The van der Waals surface area contributed by atoms with Gasteiger partial charge in [0.1, 0.15) is 0 Å². The summed E-state index contributed by atoms with van der Waals surface area (Å²) >= 11 is 3.37. The summed E-state index contributed by atoms with van der Waals surface area (Å²) in [5.74, 6) is 0.557. The van der Waals surface area contributed by atoms with Gasteiger partial charge in [-0.25, -0.2) is 0 Å². The topological polar surface area (TPSA) is 50.7 Å². The number of ether oxygens (including phenoxy) is 1. The smallest absolute Gasteiger partial charge is 0.161 e. The first-order valence-corrected chi connectivity index (χ1v) is 4.79. The van der Waals surface area contributed by atoms with Gasteiger partial charge in [0.15, 0.2) is 11.5 Å². The van der Waals surface area contributed by atoms with Gasteiger partial charge in [0.2, 0.25) is 0 Å². The molecular formula is C9H12BrNO3. The molecule has 0 amide bonds. The minimum atomic E-state index is 0.114. The third-order valence-corrected chi connectivity index (χ3v) is 2.49. The molecule has 1 aromatic rings. The molecule has 0 spiro atoms. The van der Waals surface area contributed by atoms with Gasteiger partial charge in [0.05, 0.1) is 14.2 Å². The molecule has 0 bridgehead atoms. The molecule has 0 aliphatic rings. The van der Waals surface area contributed by atoms with Crippen LogP contribution in [0.2, 0.25) is 0 Å². The standard InChI is InChI=1S/C9H12BrNO3/c1-13-9-4-7(10)6(3-8(9)12)5-11-14-2/h3-4,11-12H,5H2,1-2H3. The molecule has 78 valence electrons. The molecule has 0 unspecified atom stereocenters. The van der Waals surface area contributed by atoms with E-state index in [2.05, 4.69) is 21.4 Å². The second-order valence-corrected chi connectivity index (χ2v) is 3.50. The Morgan fingerprint density at radius 2 is 2.14 bits per heavy atom. The number of benzene rings is 1. The van der Waals surface area contributed by atoms with Crippen molar-refractivity contribution in [1.82, 2.24) is 5.48 Å². The van der Waals surface area contributed by atoms with E-state index in [9.17, 15) is 5.11 Å². The number of halogens is 1. The molecule has 0 fully saturated rings. The first-order valence-electron chi connectivity index (χ1n) is 4.00. The SMILES string of the molecule is CONCc1cc(O)c(OC)cc1Br. The van der Waals surface area contributed by atoms with Crippen LogP contribution in [0.1, 0.15) is 5.56 Å². The number of methoxy groups -OCH3 is 1. The highest BCUT2D eigenvalue weighted by molar-refractivity contribution is 9.10. The molecule has 5 heteroatoms. The van der Waals surface area contributed by atoms with Crippen LogP contribution in [0.4, 0.5) is 0 Å². The van der Waals surface area contributed by atoms with Crippen molar-refractivity contribution < 1.29 is 14.7 Å². The molecule has 0 radical (unpaired) electrons. The lowest BCUT2D eigenvalue weighted by atomic mass is 10.2. The molecule has 1 rings (SSSR count). The number of hydrogen-bond acceptors (Lipinski definition) is 4. The molecule has 2 N–H and O–H groups in total. The second-order valence-electron chi connectivity index (χ2n) is 2.64. The third kappa shape index (κ3) is 2.60. The summed E-state index contributed by atoms with van der Waals surface area (Å²) in [5, 5.41) is 9.50. The zero-order valence-electron chi connectivity index (χ0n) is 8.00. The predicted molar refractivity (Wildman–Crippen MR) is 56.2 cm³/mol. The summed E-state index contributed by atoms with van der Waals surface area (Å²) in [6, 6.07) is 3.33. The van der Waals surface area contributed by atoms with Crippen LogP contribution >= 0.6 is 15.9 Å². The van der Waals surface area contributed by atoms with E-state index in [4.69, 9.17) is 9.57 Å². The fourth-order valence-corrected chi connectivity index (χ4v) is 1.50. The summed E-state index contributed by atoms with van der Waals surface area (Å²) in [4.78, 5) is 4.71. The third-order valence-electron chi connectivity index (χ3n) is 1.75. The fourth-order valence-electron chi connectivity index (χ4n) is 1.04. The Morgan fingerprint density at radius 3 is 2.71 bits per heavy atom. The normalized spacial score (nSPS) is 10.2. The summed E-state index contributed by atoms with van der Waals surface area (Å²) in [5.41, 5.74) is 3.58. The Bertz CT molecular complexity index is 317. The quantitative estimate of drug-likeness (QED) is 0.812. The Kier molecular flexibility index (Phi) is 4.19. The van der Waals surface area contributed by atoms with Crippen LogP contribution in [0.25, 0.3) is 0 Å². The van der Waals surface area contributed by atoms with E-state index in [0.717, 1.165) is 10.0 Å². The highest BCUT2D eigenvalue weighted by atomic mass is 79.9. The highest BCUT2D eigenvalue weighted by Gasteiger charge is 2.07. The van der Waals surface area contributed by atoms with Gasteiger partial charge < -0.3 is 14.7 Å². The zero-order chi connectivity index (χ0) is 10.6.